The lowest BCUT2D eigenvalue weighted by molar-refractivity contribution is -0.231. The second-order valence-electron chi connectivity index (χ2n) is 17.2. The highest BCUT2D eigenvalue weighted by Gasteiger charge is 2.79. The Morgan fingerprint density at radius 2 is 1.89 bits per heavy atom. The number of phosphoric ester groups is 1. The molecule has 1 aromatic carbocycles. The number of fused-ring (bicyclic) bond motifs is 7. The van der Waals surface area contributed by atoms with Crippen LogP contribution in [0.5, 0.6) is 0 Å². The van der Waals surface area contributed by atoms with Gasteiger partial charge in [0.1, 0.15) is 12.6 Å². The van der Waals surface area contributed by atoms with Crippen LogP contribution in [0, 0.1) is 22.7 Å². The molecule has 7 N–H and O–H groups in total. The number of hydrogen-bond donors (Lipinski definition) is 7. The fourth-order valence-corrected chi connectivity index (χ4v) is 12.1. The number of nitrogens with one attached hydrogen (secondary N) is 3. The highest BCUT2D eigenvalue weighted by Crippen LogP contribution is 2.72. The largest absolute Gasteiger partial charge is 0.481 e. The van der Waals surface area contributed by atoms with E-state index in [9.17, 15) is 53.3 Å². The van der Waals surface area contributed by atoms with Crippen LogP contribution in [-0.4, -0.2) is 103 Å². The van der Waals surface area contributed by atoms with Crippen LogP contribution in [0.25, 0.3) is 0 Å². The third kappa shape index (κ3) is 8.78. The molecule has 17 nitrogen and oxygen atoms in total. The Labute approximate surface area is 373 Å². The monoisotopic (exact) mass is 979 g/mol. The molecule has 21 heteroatoms. The van der Waals surface area contributed by atoms with Crippen molar-refractivity contribution in [1.82, 2.24) is 10.6 Å². The van der Waals surface area contributed by atoms with Crippen LogP contribution >= 0.6 is 35.1 Å². The molecule has 1 aliphatic heterocycles. The number of aliphatic hydroxyl groups is 1. The van der Waals surface area contributed by atoms with E-state index in [0.29, 0.717) is 29.7 Å². The van der Waals surface area contributed by atoms with Crippen molar-refractivity contribution >= 4 is 76.0 Å². The highest BCUT2D eigenvalue weighted by atomic mass is 79.9. The Kier molecular flexibility index (Phi) is 13.3. The van der Waals surface area contributed by atoms with Gasteiger partial charge in [-0.25, -0.2) is 8.96 Å². The summed E-state index contributed by atoms with van der Waals surface area (Å²) in [6.07, 6.45) is 0.801. The van der Waals surface area contributed by atoms with Gasteiger partial charge in [0.25, 0.3) is 0 Å². The average Bonchev–Trinajstić information content (AvgIpc) is 3.91. The van der Waals surface area contributed by atoms with E-state index in [1.165, 1.54) is 29.6 Å². The molecule has 1 aromatic heterocycles. The lowest BCUT2D eigenvalue weighted by Gasteiger charge is -2.62. The van der Waals surface area contributed by atoms with Crippen molar-refractivity contribution in [2.24, 2.45) is 22.7 Å². The van der Waals surface area contributed by atoms with E-state index < -0.39 is 115 Å². The topological polar surface area (TPSA) is 264 Å². The smallest absolute Gasteiger partial charge is 0.470 e. The Morgan fingerprint density at radius 3 is 2.60 bits per heavy atom. The van der Waals surface area contributed by atoms with Crippen LogP contribution < -0.4 is 16.0 Å². The third-order valence-corrected chi connectivity index (χ3v) is 15.5. The van der Waals surface area contributed by atoms with Gasteiger partial charge in [0.2, 0.25) is 17.7 Å². The van der Waals surface area contributed by atoms with Gasteiger partial charge in [-0.3, -0.25) is 33.3 Å². The maximum absolute atomic E-state index is 17.9. The van der Waals surface area contributed by atoms with Crippen molar-refractivity contribution in [2.45, 2.75) is 94.6 Å². The van der Waals surface area contributed by atoms with Gasteiger partial charge < -0.3 is 45.4 Å². The number of ether oxygens (including phenoxy) is 2. The lowest BCUT2D eigenvalue weighted by Crippen LogP contribution is -2.69. The number of carboxylic acid groups (broad SMARTS) is 1. The van der Waals surface area contributed by atoms with Gasteiger partial charge >= 0.3 is 13.8 Å². The van der Waals surface area contributed by atoms with Crippen molar-refractivity contribution < 1.29 is 71.7 Å². The number of alkyl halides is 2. The summed E-state index contributed by atoms with van der Waals surface area (Å²) in [4.78, 5) is 95.1. The second kappa shape index (κ2) is 17.8. The number of allylic oxidation sites excluding steroid dienone is 4. The van der Waals surface area contributed by atoms with Crippen LogP contribution in [0.3, 0.4) is 0 Å². The number of anilines is 1. The van der Waals surface area contributed by atoms with Crippen LogP contribution in [0.1, 0.15) is 74.7 Å². The molecule has 10 atom stereocenters. The van der Waals surface area contributed by atoms with Crippen LogP contribution in [0.2, 0.25) is 0 Å². The first-order valence-corrected chi connectivity index (χ1v) is 23.9. The minimum Gasteiger partial charge on any atom is -0.481 e. The zero-order chi connectivity index (χ0) is 45.7. The van der Waals surface area contributed by atoms with Crippen LogP contribution in [-0.2, 0) is 53.8 Å². The number of carboxylic acids is 1. The number of phosphoric acid groups is 1. The van der Waals surface area contributed by atoms with E-state index in [1.54, 1.807) is 37.4 Å². The molecule has 0 radical (unpaired) electrons. The molecule has 3 saturated carbocycles. The van der Waals surface area contributed by atoms with Crippen molar-refractivity contribution in [3.63, 3.8) is 0 Å². The Bertz CT molecular complexity index is 2320. The highest BCUT2D eigenvalue weighted by molar-refractivity contribution is 9.09. The number of thiophene rings is 1. The molecule has 2 heterocycles. The number of ketones is 2. The maximum atomic E-state index is 17.9. The number of halogens is 2. The van der Waals surface area contributed by atoms with E-state index in [4.69, 9.17) is 14.0 Å². The molecular weight excluding hydrogens is 932 g/mol. The molecule has 0 spiro atoms. The summed E-state index contributed by atoms with van der Waals surface area (Å²) in [7, 11) is -5.12. The lowest BCUT2D eigenvalue weighted by atomic mass is 9.44. The Hall–Kier alpha value is -3.98. The molecule has 7 rings (SSSR count). The van der Waals surface area contributed by atoms with Crippen molar-refractivity contribution in [2.75, 3.05) is 23.8 Å². The minimum absolute atomic E-state index is 0.0325. The standard InChI is InChI=1S/C42H48BrFN3O14PS/c1-39-11-10-26(48)15-24(39)6-7-28-29-16-33-42(32(50)20-59-62(56,57)58,40(29,2)17-31(49)41(28,39)44)61-38(60-33)23-14-27(63-21-23)13-22-4-3-5-25(12-22)46-37(55)30(8-9-36(53)54)47-35(52)19-45-34(51)18-43/h3-5,10-12,14-15,21,28-31,33,38,49H,6-9,13,16-20H2,1-2H3,(H,45,51)(H,46,55)(H,47,52)(H,53,54)(H2,56,57,58)/t28-,29-,30-,31-,33+,38+,39-,40-,41-,42+/m0/s1. The molecule has 4 aliphatic carbocycles. The third-order valence-electron chi connectivity index (χ3n) is 13.5. The van der Waals surface area contributed by atoms with Gasteiger partial charge in [-0.1, -0.05) is 46.6 Å². The normalized spacial score (nSPS) is 32.3. The summed E-state index contributed by atoms with van der Waals surface area (Å²) in [5.41, 5.74) is -4.43. The van der Waals surface area contributed by atoms with E-state index in [0.717, 1.165) is 10.4 Å². The number of hydrogen-bond acceptors (Lipinski definition) is 12. The number of Topliss-reactive ketones (excluding diaryl/α,β-unsaturated/α-hetero) is 1. The van der Waals surface area contributed by atoms with Gasteiger partial charge in [0.15, 0.2) is 29.1 Å². The van der Waals surface area contributed by atoms with E-state index in [-0.39, 0.29) is 36.8 Å². The number of aliphatic hydroxyl groups excluding tert-OH is 1. The van der Waals surface area contributed by atoms with Gasteiger partial charge in [-0.05, 0) is 86.2 Å². The first kappa shape index (κ1) is 47.0. The van der Waals surface area contributed by atoms with Gasteiger partial charge in [0, 0.05) is 45.7 Å². The molecule has 1 saturated heterocycles. The number of aliphatic carboxylic acids is 1. The summed E-state index contributed by atoms with van der Waals surface area (Å²) in [6.45, 7) is 1.97. The molecule has 0 unspecified atom stereocenters. The number of carbonyl (C=O) groups excluding carboxylic acids is 5. The molecule has 0 bridgehead atoms. The zero-order valence-corrected chi connectivity index (χ0v) is 37.5. The Morgan fingerprint density at radius 1 is 1.13 bits per heavy atom. The predicted octanol–water partition coefficient (Wildman–Crippen LogP) is 3.95. The Balaban J connectivity index is 1.09. The molecule has 2 aromatic rings. The van der Waals surface area contributed by atoms with E-state index in [2.05, 4.69) is 31.9 Å². The fraction of sp³-hybridized carbons (Fsp3) is 0.524. The van der Waals surface area contributed by atoms with Crippen molar-refractivity contribution in [3.05, 3.63) is 75.5 Å². The SMILES string of the molecule is C[C@]12C=CC(=O)C=C1CC[C@H]1[C@@H]3C[C@H]4O[C@@H](c5csc(Cc6cccc(NC(=O)[C@H](CCC(=O)O)NC(=O)CNC(=O)CBr)c6)c5)O[C@@]4(C(=O)COP(=O)(O)O)[C@@]3(C)C[C@H](O)[C@@]12F. The summed E-state index contributed by atoms with van der Waals surface area (Å²) < 4.78 is 47.6. The molecular formula is C42H48BrFN3O14PS. The van der Waals surface area contributed by atoms with Crippen LogP contribution in [0.4, 0.5) is 10.1 Å². The number of rotatable bonds is 16. The van der Waals surface area contributed by atoms with Gasteiger partial charge in [-0.2, -0.15) is 0 Å². The van der Waals surface area contributed by atoms with Crippen molar-refractivity contribution in [3.8, 4) is 0 Å². The number of benzene rings is 1. The number of amides is 3. The molecule has 63 heavy (non-hydrogen) atoms. The first-order chi connectivity index (χ1) is 29.6. The van der Waals surface area contributed by atoms with Gasteiger partial charge in [0.05, 0.1) is 24.1 Å². The zero-order valence-electron chi connectivity index (χ0n) is 34.2. The van der Waals surface area contributed by atoms with Crippen molar-refractivity contribution in [1.29, 1.82) is 0 Å². The second-order valence-corrected chi connectivity index (χ2v) is 20.0. The maximum Gasteiger partial charge on any atom is 0.470 e. The van der Waals surface area contributed by atoms with E-state index >= 15 is 4.39 Å². The minimum atomic E-state index is -5.12. The van der Waals surface area contributed by atoms with E-state index in [1.807, 2.05) is 12.1 Å². The van der Waals surface area contributed by atoms with Crippen LogP contribution in [0.15, 0.2) is 59.5 Å². The first-order valence-electron chi connectivity index (χ1n) is 20.3. The average molecular weight is 981 g/mol. The predicted molar refractivity (Wildman–Crippen MR) is 226 cm³/mol. The molecule has 340 valence electrons. The fourth-order valence-electron chi connectivity index (χ4n) is 10.7. The molecule has 4 fully saturated rings. The summed E-state index contributed by atoms with van der Waals surface area (Å²) in [5.74, 6) is -5.41. The summed E-state index contributed by atoms with van der Waals surface area (Å²) in [6, 6.07) is 7.45. The number of carbonyl (C=O) groups is 6. The van der Waals surface area contributed by atoms with Gasteiger partial charge in [-0.15, -0.1) is 11.3 Å². The molecule has 3 amide bonds. The summed E-state index contributed by atoms with van der Waals surface area (Å²) >= 11 is 4.33. The molecule has 5 aliphatic rings. The summed E-state index contributed by atoms with van der Waals surface area (Å²) in [5, 5.41) is 30.4. The quantitative estimate of drug-likeness (QED) is 0.0929.